The average Bonchev–Trinajstić information content (AvgIpc) is 3.64. The van der Waals surface area contributed by atoms with Crippen LogP contribution in [0.3, 0.4) is 0 Å². The first-order chi connectivity index (χ1) is 20.6. The molecule has 3 N–H and O–H groups in total. The first-order valence-corrected chi connectivity index (χ1v) is 14.6. The Kier molecular flexibility index (Phi) is 8.61. The van der Waals surface area contributed by atoms with Gasteiger partial charge >= 0.3 is 0 Å². The van der Waals surface area contributed by atoms with Crippen LogP contribution in [-0.2, 0) is 9.59 Å². The van der Waals surface area contributed by atoms with Gasteiger partial charge in [-0.2, -0.15) is 0 Å². The summed E-state index contributed by atoms with van der Waals surface area (Å²) in [4.78, 5) is 59.6. The summed E-state index contributed by atoms with van der Waals surface area (Å²) in [5, 5.41) is 6.07. The number of ether oxygens (including phenoxy) is 2. The van der Waals surface area contributed by atoms with Crippen molar-refractivity contribution in [2.24, 2.45) is 17.8 Å². The van der Waals surface area contributed by atoms with E-state index in [9.17, 15) is 19.2 Å². The van der Waals surface area contributed by atoms with E-state index in [2.05, 4.69) is 15.6 Å². The van der Waals surface area contributed by atoms with Gasteiger partial charge in [0, 0.05) is 55.9 Å². The smallest absolute Gasteiger partial charge is 0.256 e. The molecule has 3 heterocycles. The number of hydrogen-bond acceptors (Lipinski definition) is 6. The number of methoxy groups -OCH3 is 1. The van der Waals surface area contributed by atoms with E-state index in [0.29, 0.717) is 42.3 Å². The van der Waals surface area contributed by atoms with E-state index in [-0.39, 0.29) is 54.7 Å². The Bertz CT molecular complexity index is 1550. The number of carbonyl (C=O) groups excluding carboxylic acids is 4. The van der Waals surface area contributed by atoms with E-state index in [0.717, 1.165) is 16.5 Å². The average molecular weight is 590 g/mol. The molecule has 0 aliphatic carbocycles. The minimum atomic E-state index is -0.589. The van der Waals surface area contributed by atoms with Crippen LogP contribution in [0, 0.1) is 24.7 Å². The Labute approximate surface area is 250 Å². The number of likely N-dealkylation sites (tertiary alicyclic amines) is 2. The number of benzene rings is 2. The van der Waals surface area contributed by atoms with Crippen molar-refractivity contribution >= 4 is 34.5 Å². The highest BCUT2D eigenvalue weighted by Crippen LogP contribution is 2.38. The Morgan fingerprint density at radius 2 is 1.74 bits per heavy atom. The molecule has 2 fully saturated rings. The van der Waals surface area contributed by atoms with Crippen molar-refractivity contribution in [1.29, 1.82) is 0 Å². The van der Waals surface area contributed by atoms with Gasteiger partial charge in [0.15, 0.2) is 11.5 Å². The standard InChI is InChI=1S/C32H39N5O6/c1-18(2)43-26-10-9-20(11-27(26)42-5)31(40)36-14-21-15-37(17-25(24(21)16-36)30(39)35-13-28(38)33-4)32(41)23-12-34-29-19(3)7-6-8-22(23)29/h6-12,18,21,24-25,34H,13-17H2,1-5H3,(H,33,38)(H,35,39). The van der Waals surface area contributed by atoms with Crippen molar-refractivity contribution in [3.05, 3.63) is 59.3 Å². The summed E-state index contributed by atoms with van der Waals surface area (Å²) < 4.78 is 11.3. The van der Waals surface area contributed by atoms with Crippen molar-refractivity contribution in [2.75, 3.05) is 46.9 Å². The molecule has 2 aliphatic heterocycles. The molecule has 2 aliphatic rings. The van der Waals surface area contributed by atoms with Crippen molar-refractivity contribution in [3.63, 3.8) is 0 Å². The van der Waals surface area contributed by atoms with Gasteiger partial charge < -0.3 is 34.9 Å². The summed E-state index contributed by atoms with van der Waals surface area (Å²) in [5.74, 6) is -0.835. The number of aromatic nitrogens is 1. The number of amides is 4. The summed E-state index contributed by atoms with van der Waals surface area (Å²) in [5.41, 5.74) is 2.93. The maximum Gasteiger partial charge on any atom is 0.256 e. The fraction of sp³-hybridized carbons (Fsp3) is 0.438. The number of fused-ring (bicyclic) bond motifs is 2. The third-order valence-corrected chi connectivity index (χ3v) is 8.42. The molecule has 0 spiro atoms. The van der Waals surface area contributed by atoms with Crippen LogP contribution in [0.25, 0.3) is 10.9 Å². The largest absolute Gasteiger partial charge is 0.493 e. The molecule has 228 valence electrons. The third-order valence-electron chi connectivity index (χ3n) is 8.42. The van der Waals surface area contributed by atoms with Gasteiger partial charge in [0.1, 0.15) is 0 Å². The number of aromatic amines is 1. The van der Waals surface area contributed by atoms with Gasteiger partial charge in [0.05, 0.1) is 31.2 Å². The number of carbonyl (C=O) groups is 4. The summed E-state index contributed by atoms with van der Waals surface area (Å²) in [7, 11) is 3.04. The van der Waals surface area contributed by atoms with Crippen molar-refractivity contribution in [2.45, 2.75) is 26.9 Å². The summed E-state index contributed by atoms with van der Waals surface area (Å²) in [6.07, 6.45) is 1.67. The van der Waals surface area contributed by atoms with Crippen LogP contribution >= 0.6 is 0 Å². The maximum absolute atomic E-state index is 13.9. The highest BCUT2D eigenvalue weighted by atomic mass is 16.5. The zero-order chi connectivity index (χ0) is 30.8. The van der Waals surface area contributed by atoms with Crippen molar-refractivity contribution in [1.82, 2.24) is 25.4 Å². The molecule has 2 aromatic carbocycles. The Hall–Kier alpha value is -4.54. The van der Waals surface area contributed by atoms with E-state index in [1.54, 1.807) is 34.2 Å². The number of nitrogens with one attached hydrogen (secondary N) is 3. The van der Waals surface area contributed by atoms with Gasteiger partial charge in [-0.25, -0.2) is 0 Å². The molecule has 3 aromatic rings. The molecule has 3 atom stereocenters. The van der Waals surface area contributed by atoms with E-state index in [1.165, 1.54) is 14.2 Å². The summed E-state index contributed by atoms with van der Waals surface area (Å²) in [6, 6.07) is 10.9. The monoisotopic (exact) mass is 589 g/mol. The van der Waals surface area contributed by atoms with Crippen LogP contribution in [-0.4, -0.2) is 91.4 Å². The molecular weight excluding hydrogens is 550 g/mol. The zero-order valence-corrected chi connectivity index (χ0v) is 25.2. The summed E-state index contributed by atoms with van der Waals surface area (Å²) in [6.45, 7) is 7.01. The Morgan fingerprint density at radius 1 is 1.00 bits per heavy atom. The van der Waals surface area contributed by atoms with E-state index >= 15 is 0 Å². The normalized spacial score (nSPS) is 19.7. The minimum Gasteiger partial charge on any atom is -0.493 e. The third kappa shape index (κ3) is 6.02. The maximum atomic E-state index is 13.9. The number of aryl methyl sites for hydroxylation is 1. The predicted octanol–water partition coefficient (Wildman–Crippen LogP) is 2.59. The number of hydrogen-bond donors (Lipinski definition) is 3. The molecular formula is C32H39N5O6. The van der Waals surface area contributed by atoms with Gasteiger partial charge in [-0.1, -0.05) is 18.2 Å². The number of nitrogens with zero attached hydrogens (tertiary/aromatic N) is 2. The van der Waals surface area contributed by atoms with Gasteiger partial charge in [-0.3, -0.25) is 19.2 Å². The fourth-order valence-corrected chi connectivity index (χ4v) is 6.26. The Morgan fingerprint density at radius 3 is 2.44 bits per heavy atom. The van der Waals surface area contributed by atoms with Crippen molar-refractivity contribution in [3.8, 4) is 11.5 Å². The second kappa shape index (κ2) is 12.4. The lowest BCUT2D eigenvalue weighted by molar-refractivity contribution is -0.131. The summed E-state index contributed by atoms with van der Waals surface area (Å²) >= 11 is 0. The molecule has 43 heavy (non-hydrogen) atoms. The lowest BCUT2D eigenvalue weighted by Gasteiger charge is -2.39. The molecule has 2 saturated heterocycles. The molecule has 4 amide bonds. The zero-order valence-electron chi connectivity index (χ0n) is 25.2. The highest BCUT2D eigenvalue weighted by molar-refractivity contribution is 6.07. The van der Waals surface area contributed by atoms with Crippen LogP contribution < -0.4 is 20.1 Å². The van der Waals surface area contributed by atoms with Crippen LogP contribution in [0.1, 0.15) is 40.1 Å². The minimum absolute atomic E-state index is 0.0532. The lowest BCUT2D eigenvalue weighted by atomic mass is 9.79. The van der Waals surface area contributed by atoms with Gasteiger partial charge in [0.25, 0.3) is 11.8 Å². The van der Waals surface area contributed by atoms with E-state index in [4.69, 9.17) is 9.47 Å². The number of piperidine rings is 1. The molecule has 11 heteroatoms. The molecule has 3 unspecified atom stereocenters. The van der Waals surface area contributed by atoms with Crippen LogP contribution in [0.15, 0.2) is 42.6 Å². The predicted molar refractivity (Wildman–Crippen MR) is 161 cm³/mol. The molecule has 0 bridgehead atoms. The molecule has 1 aromatic heterocycles. The fourth-order valence-electron chi connectivity index (χ4n) is 6.26. The van der Waals surface area contributed by atoms with Crippen LogP contribution in [0.5, 0.6) is 11.5 Å². The Balaban J connectivity index is 1.40. The highest BCUT2D eigenvalue weighted by Gasteiger charge is 2.48. The van der Waals surface area contributed by atoms with Gasteiger partial charge in [-0.15, -0.1) is 0 Å². The molecule has 0 saturated carbocycles. The van der Waals surface area contributed by atoms with Crippen molar-refractivity contribution < 1.29 is 28.7 Å². The first kappa shape index (κ1) is 29.9. The second-order valence-electron chi connectivity index (χ2n) is 11.6. The topological polar surface area (TPSA) is 133 Å². The molecule has 0 radical (unpaired) electrons. The molecule has 5 rings (SSSR count). The SMILES string of the molecule is CNC(=O)CNC(=O)C1CN(C(=O)c2c[nH]c3c(C)cccc23)CC2CN(C(=O)c3ccc(OC(C)C)c(OC)c3)CC21. The number of H-pyrrole nitrogens is 1. The number of likely N-dealkylation sites (N-methyl/N-ethyl adjacent to an activating group) is 1. The number of rotatable bonds is 8. The first-order valence-electron chi connectivity index (χ1n) is 14.6. The number of para-hydroxylation sites is 1. The van der Waals surface area contributed by atoms with E-state index < -0.39 is 5.92 Å². The second-order valence-corrected chi connectivity index (χ2v) is 11.6. The molecule has 11 nitrogen and oxygen atoms in total. The van der Waals surface area contributed by atoms with Crippen LogP contribution in [0.4, 0.5) is 0 Å². The van der Waals surface area contributed by atoms with Gasteiger partial charge in [-0.05, 0) is 56.4 Å². The van der Waals surface area contributed by atoms with Crippen LogP contribution in [0.2, 0.25) is 0 Å². The quantitative estimate of drug-likeness (QED) is 0.370. The lowest BCUT2D eigenvalue weighted by Crippen LogP contribution is -2.53. The van der Waals surface area contributed by atoms with Gasteiger partial charge in [0.2, 0.25) is 11.8 Å². The van der Waals surface area contributed by atoms with E-state index in [1.807, 2.05) is 39.0 Å².